The van der Waals surface area contributed by atoms with Crippen LogP contribution in [0.4, 0.5) is 11.4 Å². The SMILES string of the molecule is Cc1cc(C)cc(N2C[C@@H](C(=O)Oc3ccc(N4C(=O)[C@H]5C[C@H](C)CC[C@H]5C4=O)cc3)CC2=O)c1. The van der Waals surface area contributed by atoms with E-state index in [0.29, 0.717) is 17.4 Å². The van der Waals surface area contributed by atoms with Crippen LogP contribution in [0, 0.1) is 37.5 Å². The van der Waals surface area contributed by atoms with Crippen molar-refractivity contribution in [3.8, 4) is 5.75 Å². The van der Waals surface area contributed by atoms with Crippen molar-refractivity contribution in [1.29, 1.82) is 0 Å². The molecular formula is C28H30N2O5. The fourth-order valence-electron chi connectivity index (χ4n) is 5.73. The van der Waals surface area contributed by atoms with Gasteiger partial charge in [0.25, 0.3) is 0 Å². The number of fused-ring (bicyclic) bond motifs is 1. The number of carbonyl (C=O) groups is 4. The van der Waals surface area contributed by atoms with Crippen LogP contribution in [0.15, 0.2) is 42.5 Å². The average molecular weight is 475 g/mol. The first-order valence-electron chi connectivity index (χ1n) is 12.3. The van der Waals surface area contributed by atoms with Crippen LogP contribution < -0.4 is 14.5 Å². The number of rotatable bonds is 4. The Morgan fingerprint density at radius 1 is 0.886 bits per heavy atom. The second kappa shape index (κ2) is 8.95. The van der Waals surface area contributed by atoms with Crippen LogP contribution in [0.3, 0.4) is 0 Å². The highest BCUT2D eigenvalue weighted by Crippen LogP contribution is 2.42. The first-order chi connectivity index (χ1) is 16.7. The Labute approximate surface area is 205 Å². The molecule has 2 saturated heterocycles. The van der Waals surface area contributed by atoms with E-state index in [0.717, 1.165) is 36.1 Å². The van der Waals surface area contributed by atoms with E-state index in [2.05, 4.69) is 6.92 Å². The van der Waals surface area contributed by atoms with Gasteiger partial charge in [0.1, 0.15) is 5.75 Å². The molecule has 35 heavy (non-hydrogen) atoms. The maximum absolute atomic E-state index is 12.9. The molecule has 1 saturated carbocycles. The largest absolute Gasteiger partial charge is 0.426 e. The van der Waals surface area contributed by atoms with Crippen LogP contribution >= 0.6 is 0 Å². The van der Waals surface area contributed by atoms with Crippen LogP contribution in [-0.4, -0.2) is 30.2 Å². The van der Waals surface area contributed by atoms with E-state index in [1.165, 1.54) is 4.90 Å². The lowest BCUT2D eigenvalue weighted by Crippen LogP contribution is -2.30. The summed E-state index contributed by atoms with van der Waals surface area (Å²) in [5.41, 5.74) is 3.41. The van der Waals surface area contributed by atoms with Crippen molar-refractivity contribution < 1.29 is 23.9 Å². The zero-order valence-corrected chi connectivity index (χ0v) is 20.3. The molecule has 0 radical (unpaired) electrons. The Kier molecular flexibility index (Phi) is 5.95. The summed E-state index contributed by atoms with van der Waals surface area (Å²) in [6.07, 6.45) is 2.57. The number of nitrogens with zero attached hydrogens (tertiary/aromatic N) is 2. The molecule has 0 aromatic heterocycles. The van der Waals surface area contributed by atoms with E-state index in [4.69, 9.17) is 4.74 Å². The van der Waals surface area contributed by atoms with Gasteiger partial charge in [-0.3, -0.25) is 24.1 Å². The Morgan fingerprint density at radius 3 is 2.23 bits per heavy atom. The number of amides is 3. The molecule has 0 N–H and O–H groups in total. The summed E-state index contributed by atoms with van der Waals surface area (Å²) in [6, 6.07) is 12.4. The predicted molar refractivity (Wildman–Crippen MR) is 131 cm³/mol. The van der Waals surface area contributed by atoms with E-state index < -0.39 is 11.9 Å². The molecule has 0 spiro atoms. The summed E-state index contributed by atoms with van der Waals surface area (Å²) in [5, 5.41) is 0. The minimum atomic E-state index is -0.560. The lowest BCUT2D eigenvalue weighted by molar-refractivity contribution is -0.139. The Hall–Kier alpha value is -3.48. The maximum atomic E-state index is 12.9. The van der Waals surface area contributed by atoms with Crippen molar-refractivity contribution in [3.63, 3.8) is 0 Å². The molecule has 3 aliphatic rings. The summed E-state index contributed by atoms with van der Waals surface area (Å²) in [4.78, 5) is 54.2. The fourth-order valence-corrected chi connectivity index (χ4v) is 5.73. The standard InChI is InChI=1S/C28H30N2O5/c1-16-4-9-23-24(13-16)27(33)30(26(23)32)20-5-7-22(8-6-20)35-28(34)19-14-25(31)29(15-19)21-11-17(2)10-18(3)12-21/h5-8,10-12,16,19,23-24H,4,9,13-15H2,1-3H3/t16-,19+,23-,24+/m1/s1. The number of carbonyl (C=O) groups excluding carboxylic acids is 4. The van der Waals surface area contributed by atoms with E-state index in [-0.39, 0.29) is 42.5 Å². The number of imide groups is 1. The molecule has 2 heterocycles. The third kappa shape index (κ3) is 4.35. The molecule has 4 atom stereocenters. The number of hydrogen-bond acceptors (Lipinski definition) is 5. The van der Waals surface area contributed by atoms with Gasteiger partial charge in [-0.2, -0.15) is 0 Å². The van der Waals surface area contributed by atoms with Crippen LogP contribution in [0.25, 0.3) is 0 Å². The molecule has 3 amide bonds. The Bertz CT molecular complexity index is 1180. The quantitative estimate of drug-likeness (QED) is 0.377. The summed E-state index contributed by atoms with van der Waals surface area (Å²) in [5.74, 6) is -1.08. The summed E-state index contributed by atoms with van der Waals surface area (Å²) in [6.45, 7) is 6.35. The van der Waals surface area contributed by atoms with Crippen molar-refractivity contribution in [2.45, 2.75) is 46.5 Å². The molecular weight excluding hydrogens is 444 g/mol. The molecule has 0 unspecified atom stereocenters. The molecule has 7 nitrogen and oxygen atoms in total. The highest BCUT2D eigenvalue weighted by Gasteiger charge is 2.50. The molecule has 2 aromatic carbocycles. The van der Waals surface area contributed by atoms with E-state index in [1.807, 2.05) is 32.0 Å². The summed E-state index contributed by atoms with van der Waals surface area (Å²) >= 11 is 0. The van der Waals surface area contributed by atoms with E-state index >= 15 is 0 Å². The molecule has 0 bridgehead atoms. The molecule has 7 heteroatoms. The second-order valence-electron chi connectivity index (χ2n) is 10.3. The maximum Gasteiger partial charge on any atom is 0.316 e. The monoisotopic (exact) mass is 474 g/mol. The molecule has 2 aromatic rings. The van der Waals surface area contributed by atoms with Crippen LogP contribution in [0.5, 0.6) is 5.75 Å². The number of ether oxygens (including phenoxy) is 1. The zero-order chi connectivity index (χ0) is 24.9. The van der Waals surface area contributed by atoms with Gasteiger partial charge in [-0.05, 0) is 86.6 Å². The Morgan fingerprint density at radius 2 is 1.54 bits per heavy atom. The predicted octanol–water partition coefficient (Wildman–Crippen LogP) is 4.19. The van der Waals surface area contributed by atoms with Gasteiger partial charge in [0, 0.05) is 18.7 Å². The summed E-state index contributed by atoms with van der Waals surface area (Å²) in [7, 11) is 0. The van der Waals surface area contributed by atoms with Crippen molar-refractivity contribution in [2.24, 2.45) is 23.7 Å². The molecule has 182 valence electrons. The lowest BCUT2D eigenvalue weighted by Gasteiger charge is -2.25. The smallest absolute Gasteiger partial charge is 0.316 e. The minimum Gasteiger partial charge on any atom is -0.426 e. The molecule has 5 rings (SSSR count). The summed E-state index contributed by atoms with van der Waals surface area (Å²) < 4.78 is 5.55. The van der Waals surface area contributed by atoms with Gasteiger partial charge in [-0.1, -0.05) is 13.0 Å². The van der Waals surface area contributed by atoms with Crippen molar-refractivity contribution >= 4 is 35.1 Å². The van der Waals surface area contributed by atoms with Crippen LogP contribution in [0.2, 0.25) is 0 Å². The number of benzene rings is 2. The third-order valence-corrected chi connectivity index (χ3v) is 7.48. The molecule has 1 aliphatic carbocycles. The van der Waals surface area contributed by atoms with Crippen molar-refractivity contribution in [3.05, 3.63) is 53.6 Å². The third-order valence-electron chi connectivity index (χ3n) is 7.48. The molecule has 3 fully saturated rings. The number of aryl methyl sites for hydroxylation is 2. The topological polar surface area (TPSA) is 84.0 Å². The van der Waals surface area contributed by atoms with Crippen LogP contribution in [-0.2, 0) is 19.2 Å². The zero-order valence-electron chi connectivity index (χ0n) is 20.3. The van der Waals surface area contributed by atoms with Gasteiger partial charge in [0.05, 0.1) is 23.4 Å². The first-order valence-corrected chi connectivity index (χ1v) is 12.3. The van der Waals surface area contributed by atoms with Gasteiger partial charge >= 0.3 is 5.97 Å². The number of hydrogen-bond donors (Lipinski definition) is 0. The average Bonchev–Trinajstić information content (AvgIpc) is 3.31. The van der Waals surface area contributed by atoms with Gasteiger partial charge in [0.15, 0.2) is 0 Å². The van der Waals surface area contributed by atoms with E-state index in [1.54, 1.807) is 29.2 Å². The van der Waals surface area contributed by atoms with Crippen molar-refractivity contribution in [1.82, 2.24) is 0 Å². The second-order valence-corrected chi connectivity index (χ2v) is 10.3. The first kappa shape index (κ1) is 23.3. The van der Waals surface area contributed by atoms with Gasteiger partial charge in [-0.15, -0.1) is 0 Å². The Balaban J connectivity index is 1.25. The van der Waals surface area contributed by atoms with Gasteiger partial charge in [0.2, 0.25) is 17.7 Å². The molecule has 2 aliphatic heterocycles. The number of esters is 1. The normalized spacial score (nSPS) is 26.3. The van der Waals surface area contributed by atoms with Gasteiger partial charge < -0.3 is 9.64 Å². The van der Waals surface area contributed by atoms with Gasteiger partial charge in [-0.25, -0.2) is 0 Å². The van der Waals surface area contributed by atoms with Crippen LogP contribution in [0.1, 0.15) is 43.7 Å². The van der Waals surface area contributed by atoms with Crippen molar-refractivity contribution in [2.75, 3.05) is 16.3 Å². The number of anilines is 2. The highest BCUT2D eigenvalue weighted by molar-refractivity contribution is 6.22. The minimum absolute atomic E-state index is 0.0991. The van der Waals surface area contributed by atoms with E-state index in [9.17, 15) is 19.2 Å². The lowest BCUT2D eigenvalue weighted by atomic mass is 9.76. The highest BCUT2D eigenvalue weighted by atomic mass is 16.5. The fraction of sp³-hybridized carbons (Fsp3) is 0.429.